The Kier molecular flexibility index (Phi) is 4.83. The Morgan fingerprint density at radius 1 is 1.54 bits per heavy atom. The zero-order chi connectivity index (χ0) is 9.52. The third kappa shape index (κ3) is 4.27. The van der Waals surface area contributed by atoms with E-state index in [2.05, 4.69) is 12.2 Å². The molecule has 0 saturated carbocycles. The highest BCUT2D eigenvalue weighted by molar-refractivity contribution is 5.76. The quantitative estimate of drug-likeness (QED) is 0.663. The fraction of sp³-hybridized carbons (Fsp3) is 0.900. The molecular formula is C10H19NO2. The van der Waals surface area contributed by atoms with Crippen LogP contribution in [0.4, 0.5) is 0 Å². The van der Waals surface area contributed by atoms with Gasteiger partial charge < -0.3 is 10.1 Å². The third-order valence-corrected chi connectivity index (χ3v) is 2.26. The zero-order valence-electron chi connectivity index (χ0n) is 8.34. The summed E-state index contributed by atoms with van der Waals surface area (Å²) in [4.78, 5) is 11.3. The van der Waals surface area contributed by atoms with Crippen LogP contribution in [0.3, 0.4) is 0 Å². The molecule has 3 heteroatoms. The number of nitrogens with one attached hydrogen (secondary N) is 1. The summed E-state index contributed by atoms with van der Waals surface area (Å²) in [5.74, 6) is 0.139. The van der Waals surface area contributed by atoms with Crippen molar-refractivity contribution in [1.82, 2.24) is 5.32 Å². The van der Waals surface area contributed by atoms with E-state index in [1.54, 1.807) is 0 Å². The van der Waals surface area contributed by atoms with Crippen LogP contribution in [-0.4, -0.2) is 18.7 Å². The SMILES string of the molecule is CCCCCC(=O)NC1CCCO1. The van der Waals surface area contributed by atoms with E-state index in [0.717, 1.165) is 38.7 Å². The van der Waals surface area contributed by atoms with Crippen LogP contribution in [0.5, 0.6) is 0 Å². The average molecular weight is 185 g/mol. The Hall–Kier alpha value is -0.570. The molecule has 76 valence electrons. The van der Waals surface area contributed by atoms with Gasteiger partial charge in [0, 0.05) is 13.0 Å². The minimum atomic E-state index is -0.00544. The lowest BCUT2D eigenvalue weighted by Gasteiger charge is -2.11. The molecule has 3 nitrogen and oxygen atoms in total. The van der Waals surface area contributed by atoms with Gasteiger partial charge in [0.2, 0.25) is 5.91 Å². The van der Waals surface area contributed by atoms with Crippen LogP contribution in [0.15, 0.2) is 0 Å². The number of ether oxygens (including phenoxy) is 1. The topological polar surface area (TPSA) is 38.3 Å². The predicted octanol–water partition coefficient (Wildman–Crippen LogP) is 1.82. The Balaban J connectivity index is 2.02. The molecule has 1 amide bonds. The first-order valence-electron chi connectivity index (χ1n) is 5.24. The molecule has 13 heavy (non-hydrogen) atoms. The number of carbonyl (C=O) groups is 1. The molecule has 1 rings (SSSR count). The van der Waals surface area contributed by atoms with Crippen molar-refractivity contribution in [2.45, 2.75) is 51.7 Å². The summed E-state index contributed by atoms with van der Waals surface area (Å²) >= 11 is 0. The summed E-state index contributed by atoms with van der Waals surface area (Å²) in [6, 6.07) is 0. The molecule has 1 saturated heterocycles. The van der Waals surface area contributed by atoms with Crippen molar-refractivity contribution in [3.63, 3.8) is 0 Å². The van der Waals surface area contributed by atoms with Gasteiger partial charge in [0.05, 0.1) is 0 Å². The van der Waals surface area contributed by atoms with Gasteiger partial charge in [0.1, 0.15) is 6.23 Å². The first kappa shape index (κ1) is 10.5. The molecule has 1 aliphatic heterocycles. The molecule has 1 heterocycles. The average Bonchev–Trinajstić information content (AvgIpc) is 2.57. The van der Waals surface area contributed by atoms with Gasteiger partial charge in [-0.05, 0) is 19.3 Å². The highest BCUT2D eigenvalue weighted by Gasteiger charge is 2.16. The van der Waals surface area contributed by atoms with Crippen molar-refractivity contribution in [2.24, 2.45) is 0 Å². The van der Waals surface area contributed by atoms with Crippen LogP contribution in [0, 0.1) is 0 Å². The Labute approximate surface area is 79.8 Å². The van der Waals surface area contributed by atoms with Gasteiger partial charge in [-0.25, -0.2) is 0 Å². The van der Waals surface area contributed by atoms with Crippen molar-refractivity contribution in [1.29, 1.82) is 0 Å². The van der Waals surface area contributed by atoms with E-state index in [0.29, 0.717) is 6.42 Å². The summed E-state index contributed by atoms with van der Waals surface area (Å²) in [6.45, 7) is 2.93. The van der Waals surface area contributed by atoms with Crippen molar-refractivity contribution >= 4 is 5.91 Å². The maximum atomic E-state index is 11.3. The molecule has 0 aliphatic carbocycles. The van der Waals surface area contributed by atoms with E-state index < -0.39 is 0 Å². The molecule has 0 radical (unpaired) electrons. The Bertz CT molecular complexity index is 153. The zero-order valence-corrected chi connectivity index (χ0v) is 8.34. The smallest absolute Gasteiger partial charge is 0.221 e. The second kappa shape index (κ2) is 5.97. The van der Waals surface area contributed by atoms with Gasteiger partial charge in [0.15, 0.2) is 0 Å². The van der Waals surface area contributed by atoms with E-state index >= 15 is 0 Å². The van der Waals surface area contributed by atoms with E-state index in [9.17, 15) is 4.79 Å². The normalized spacial score (nSPS) is 21.8. The number of amides is 1. The molecule has 1 aliphatic rings. The van der Waals surface area contributed by atoms with E-state index in [4.69, 9.17) is 4.74 Å². The highest BCUT2D eigenvalue weighted by Crippen LogP contribution is 2.09. The molecule has 0 bridgehead atoms. The van der Waals surface area contributed by atoms with Gasteiger partial charge >= 0.3 is 0 Å². The molecule has 0 aromatic heterocycles. The molecule has 1 atom stereocenters. The lowest BCUT2D eigenvalue weighted by molar-refractivity contribution is -0.124. The minimum Gasteiger partial charge on any atom is -0.359 e. The van der Waals surface area contributed by atoms with E-state index in [1.807, 2.05) is 0 Å². The Morgan fingerprint density at radius 3 is 3.00 bits per heavy atom. The van der Waals surface area contributed by atoms with Crippen LogP contribution in [0.2, 0.25) is 0 Å². The van der Waals surface area contributed by atoms with Crippen LogP contribution >= 0.6 is 0 Å². The third-order valence-electron chi connectivity index (χ3n) is 2.26. The first-order chi connectivity index (χ1) is 6.33. The Morgan fingerprint density at radius 2 is 2.38 bits per heavy atom. The second-order valence-corrected chi connectivity index (χ2v) is 3.53. The number of carbonyl (C=O) groups excluding carboxylic acids is 1. The molecule has 0 aromatic rings. The first-order valence-corrected chi connectivity index (χ1v) is 5.24. The molecule has 1 fully saturated rings. The maximum Gasteiger partial charge on any atom is 0.221 e. The monoisotopic (exact) mass is 185 g/mol. The van der Waals surface area contributed by atoms with Gasteiger partial charge in [-0.2, -0.15) is 0 Å². The largest absolute Gasteiger partial charge is 0.359 e. The lowest BCUT2D eigenvalue weighted by atomic mass is 10.2. The van der Waals surface area contributed by atoms with Crippen molar-refractivity contribution in [2.75, 3.05) is 6.61 Å². The highest BCUT2D eigenvalue weighted by atomic mass is 16.5. The van der Waals surface area contributed by atoms with Crippen LogP contribution in [0.25, 0.3) is 0 Å². The summed E-state index contributed by atoms with van der Waals surface area (Å²) in [5, 5.41) is 2.88. The van der Waals surface area contributed by atoms with Crippen LogP contribution in [0.1, 0.15) is 45.4 Å². The van der Waals surface area contributed by atoms with Gasteiger partial charge in [0.25, 0.3) is 0 Å². The minimum absolute atomic E-state index is 0.00544. The fourth-order valence-corrected chi connectivity index (χ4v) is 1.48. The maximum absolute atomic E-state index is 11.3. The number of unbranched alkanes of at least 4 members (excludes halogenated alkanes) is 2. The summed E-state index contributed by atoms with van der Waals surface area (Å²) in [5.41, 5.74) is 0. The summed E-state index contributed by atoms with van der Waals surface area (Å²) in [7, 11) is 0. The number of hydrogen-bond acceptors (Lipinski definition) is 2. The summed E-state index contributed by atoms with van der Waals surface area (Å²) < 4.78 is 5.30. The number of rotatable bonds is 5. The molecule has 0 spiro atoms. The van der Waals surface area contributed by atoms with Gasteiger partial charge in [-0.1, -0.05) is 19.8 Å². The second-order valence-electron chi connectivity index (χ2n) is 3.53. The van der Waals surface area contributed by atoms with Gasteiger partial charge in [-0.15, -0.1) is 0 Å². The van der Waals surface area contributed by atoms with Crippen LogP contribution in [-0.2, 0) is 9.53 Å². The predicted molar refractivity (Wildman–Crippen MR) is 51.3 cm³/mol. The van der Waals surface area contributed by atoms with E-state index in [-0.39, 0.29) is 12.1 Å². The molecular weight excluding hydrogens is 166 g/mol. The van der Waals surface area contributed by atoms with Crippen molar-refractivity contribution < 1.29 is 9.53 Å². The van der Waals surface area contributed by atoms with Gasteiger partial charge in [-0.3, -0.25) is 4.79 Å². The molecule has 1 unspecified atom stereocenters. The molecule has 1 N–H and O–H groups in total. The lowest BCUT2D eigenvalue weighted by Crippen LogP contribution is -2.33. The standard InChI is InChI=1S/C10H19NO2/c1-2-3-4-6-9(12)11-10-7-5-8-13-10/h10H,2-8H2,1H3,(H,11,12). The number of hydrogen-bond donors (Lipinski definition) is 1. The van der Waals surface area contributed by atoms with Crippen molar-refractivity contribution in [3.05, 3.63) is 0 Å². The van der Waals surface area contributed by atoms with Crippen molar-refractivity contribution in [3.8, 4) is 0 Å². The molecule has 0 aromatic carbocycles. The van der Waals surface area contributed by atoms with Crippen LogP contribution < -0.4 is 5.32 Å². The summed E-state index contributed by atoms with van der Waals surface area (Å²) in [6.07, 6.45) is 5.98. The van der Waals surface area contributed by atoms with E-state index in [1.165, 1.54) is 0 Å². The fourth-order valence-electron chi connectivity index (χ4n) is 1.48.